The number of aromatic nitrogens is 3. The fraction of sp³-hybridized carbons (Fsp3) is 0.0476. The molecule has 32 heavy (non-hydrogen) atoms. The van der Waals surface area contributed by atoms with Gasteiger partial charge < -0.3 is 4.74 Å². The second kappa shape index (κ2) is 8.29. The standard InChI is InChI=1S/C21H13ClF3N3O3S/c22-18-12-15(21(23,24)25)13-26-20(18)31-16-6-4-5-14(11-16)19-9-10-28(27-19)32(29,30)17-7-2-1-3-8-17/h1-13H. The molecule has 11 heteroatoms. The normalized spacial score (nSPS) is 12.0. The van der Waals surface area contributed by atoms with Crippen LogP contribution in [0.1, 0.15) is 5.56 Å². The average molecular weight is 480 g/mol. The van der Waals surface area contributed by atoms with Crippen LogP contribution in [-0.4, -0.2) is 22.6 Å². The molecule has 4 rings (SSSR count). The summed E-state index contributed by atoms with van der Waals surface area (Å²) in [6.45, 7) is 0. The van der Waals surface area contributed by atoms with Gasteiger partial charge in [-0.3, -0.25) is 0 Å². The van der Waals surface area contributed by atoms with E-state index in [-0.39, 0.29) is 21.5 Å². The van der Waals surface area contributed by atoms with E-state index in [0.717, 1.165) is 10.2 Å². The Morgan fingerprint density at radius 2 is 1.72 bits per heavy atom. The second-order valence-electron chi connectivity index (χ2n) is 6.53. The number of rotatable bonds is 5. The van der Waals surface area contributed by atoms with E-state index in [4.69, 9.17) is 16.3 Å². The highest BCUT2D eigenvalue weighted by atomic mass is 35.5. The Bertz CT molecular complexity index is 1370. The molecule has 4 aromatic rings. The predicted octanol–water partition coefficient (Wildman–Crippen LogP) is 5.65. The molecule has 2 aromatic carbocycles. The van der Waals surface area contributed by atoms with Crippen LogP contribution in [0, 0.1) is 0 Å². The van der Waals surface area contributed by atoms with Crippen molar-refractivity contribution in [2.45, 2.75) is 11.1 Å². The van der Waals surface area contributed by atoms with Crippen LogP contribution in [0.25, 0.3) is 11.3 Å². The number of pyridine rings is 1. The van der Waals surface area contributed by atoms with Crippen molar-refractivity contribution in [2.75, 3.05) is 0 Å². The van der Waals surface area contributed by atoms with Gasteiger partial charge in [-0.05, 0) is 36.4 Å². The third-order valence-electron chi connectivity index (χ3n) is 4.33. The summed E-state index contributed by atoms with van der Waals surface area (Å²) in [5, 5.41) is 3.84. The third kappa shape index (κ3) is 4.46. The molecule has 6 nitrogen and oxygen atoms in total. The van der Waals surface area contributed by atoms with E-state index in [1.54, 1.807) is 36.4 Å². The molecule has 0 radical (unpaired) electrons. The Kier molecular flexibility index (Phi) is 5.66. The second-order valence-corrected chi connectivity index (χ2v) is 8.73. The largest absolute Gasteiger partial charge is 0.438 e. The monoisotopic (exact) mass is 479 g/mol. The molecule has 0 N–H and O–H groups in total. The van der Waals surface area contributed by atoms with E-state index in [9.17, 15) is 21.6 Å². The van der Waals surface area contributed by atoms with Crippen LogP contribution in [0.15, 0.2) is 84.0 Å². The Labute approximate surface area is 185 Å². The molecule has 0 atom stereocenters. The van der Waals surface area contributed by atoms with Crippen LogP contribution < -0.4 is 4.74 Å². The van der Waals surface area contributed by atoms with Crippen molar-refractivity contribution in [3.05, 3.63) is 89.7 Å². The maximum absolute atomic E-state index is 12.8. The van der Waals surface area contributed by atoms with Crippen molar-refractivity contribution in [1.82, 2.24) is 14.2 Å². The van der Waals surface area contributed by atoms with E-state index in [1.807, 2.05) is 0 Å². The van der Waals surface area contributed by atoms with Crippen molar-refractivity contribution in [1.29, 1.82) is 0 Å². The van der Waals surface area contributed by atoms with Gasteiger partial charge in [0.25, 0.3) is 10.0 Å². The first-order chi connectivity index (χ1) is 15.1. The average Bonchev–Trinajstić information content (AvgIpc) is 3.27. The number of hydrogen-bond acceptors (Lipinski definition) is 5. The molecule has 0 aliphatic carbocycles. The van der Waals surface area contributed by atoms with Crippen molar-refractivity contribution in [3.63, 3.8) is 0 Å². The number of nitrogens with zero attached hydrogens (tertiary/aromatic N) is 3. The van der Waals surface area contributed by atoms with Crippen LogP contribution in [0.2, 0.25) is 5.02 Å². The maximum Gasteiger partial charge on any atom is 0.417 e. The summed E-state index contributed by atoms with van der Waals surface area (Å²) in [4.78, 5) is 3.73. The lowest BCUT2D eigenvalue weighted by Crippen LogP contribution is -2.13. The third-order valence-corrected chi connectivity index (χ3v) is 6.17. The maximum atomic E-state index is 12.8. The minimum Gasteiger partial charge on any atom is -0.438 e. The molecule has 0 unspecified atom stereocenters. The number of ether oxygens (including phenoxy) is 1. The van der Waals surface area contributed by atoms with E-state index in [1.165, 1.54) is 30.5 Å². The smallest absolute Gasteiger partial charge is 0.417 e. The van der Waals surface area contributed by atoms with Crippen molar-refractivity contribution < 1.29 is 26.3 Å². The van der Waals surface area contributed by atoms with E-state index in [2.05, 4.69) is 10.1 Å². The summed E-state index contributed by atoms with van der Waals surface area (Å²) in [5.74, 6) is 0.0335. The number of hydrogen-bond donors (Lipinski definition) is 0. The fourth-order valence-corrected chi connectivity index (χ4v) is 4.12. The van der Waals surface area contributed by atoms with E-state index in [0.29, 0.717) is 17.5 Å². The number of alkyl halides is 3. The van der Waals surface area contributed by atoms with E-state index < -0.39 is 21.8 Å². The first kappa shape index (κ1) is 21.8. The fourth-order valence-electron chi connectivity index (χ4n) is 2.78. The zero-order valence-corrected chi connectivity index (χ0v) is 17.6. The van der Waals surface area contributed by atoms with Gasteiger partial charge in [-0.1, -0.05) is 41.9 Å². The Morgan fingerprint density at radius 1 is 0.969 bits per heavy atom. The zero-order valence-electron chi connectivity index (χ0n) is 16.0. The summed E-state index contributed by atoms with van der Waals surface area (Å²) in [6, 6.07) is 16.5. The molecule has 164 valence electrons. The quantitative estimate of drug-likeness (QED) is 0.370. The lowest BCUT2D eigenvalue weighted by atomic mass is 10.1. The van der Waals surface area contributed by atoms with Crippen LogP contribution in [-0.2, 0) is 16.2 Å². The van der Waals surface area contributed by atoms with Gasteiger partial charge in [0, 0.05) is 18.0 Å². The minimum absolute atomic E-state index is 0.0924. The highest BCUT2D eigenvalue weighted by molar-refractivity contribution is 7.89. The van der Waals surface area contributed by atoms with Gasteiger partial charge in [0.15, 0.2) is 0 Å². The number of benzene rings is 2. The summed E-state index contributed by atoms with van der Waals surface area (Å²) in [5.41, 5.74) is -0.122. The van der Waals surface area contributed by atoms with E-state index >= 15 is 0 Å². The topological polar surface area (TPSA) is 74.1 Å². The molecule has 0 aliphatic rings. The van der Waals surface area contributed by atoms with Gasteiger partial charge in [0.05, 0.1) is 16.2 Å². The van der Waals surface area contributed by atoms with Gasteiger partial charge in [0.2, 0.25) is 5.88 Å². The molecule has 0 spiro atoms. The first-order valence-electron chi connectivity index (χ1n) is 9.02. The molecule has 0 saturated heterocycles. The number of halogens is 4. The molecular weight excluding hydrogens is 467 g/mol. The van der Waals surface area contributed by atoms with Gasteiger partial charge in [-0.2, -0.15) is 30.8 Å². The summed E-state index contributed by atoms with van der Waals surface area (Å²) in [6.07, 6.45) is -2.63. The summed E-state index contributed by atoms with van der Waals surface area (Å²) >= 11 is 5.88. The van der Waals surface area contributed by atoms with Gasteiger partial charge in [-0.15, -0.1) is 0 Å². The van der Waals surface area contributed by atoms with Gasteiger partial charge in [0.1, 0.15) is 10.8 Å². The molecular formula is C21H13ClF3N3O3S. The molecule has 0 bridgehead atoms. The van der Waals surface area contributed by atoms with Crippen molar-refractivity contribution in [3.8, 4) is 22.9 Å². The Hall–Kier alpha value is -3.37. The van der Waals surface area contributed by atoms with Crippen molar-refractivity contribution >= 4 is 21.6 Å². The minimum atomic E-state index is -4.58. The highest BCUT2D eigenvalue weighted by Crippen LogP contribution is 2.35. The lowest BCUT2D eigenvalue weighted by Gasteiger charge is -2.10. The highest BCUT2D eigenvalue weighted by Gasteiger charge is 2.31. The first-order valence-corrected chi connectivity index (χ1v) is 10.8. The molecule has 2 heterocycles. The predicted molar refractivity (Wildman–Crippen MR) is 111 cm³/mol. The van der Waals surface area contributed by atoms with Crippen LogP contribution in [0.5, 0.6) is 11.6 Å². The summed E-state index contributed by atoms with van der Waals surface area (Å²) in [7, 11) is -3.85. The Morgan fingerprint density at radius 3 is 2.41 bits per heavy atom. The van der Waals surface area contributed by atoms with Crippen molar-refractivity contribution in [2.24, 2.45) is 0 Å². The molecule has 0 fully saturated rings. The van der Waals surface area contributed by atoms with Crippen LogP contribution in [0.4, 0.5) is 13.2 Å². The van der Waals surface area contributed by atoms with Crippen LogP contribution in [0.3, 0.4) is 0 Å². The van der Waals surface area contributed by atoms with Crippen LogP contribution >= 0.6 is 11.6 Å². The molecule has 0 aliphatic heterocycles. The lowest BCUT2D eigenvalue weighted by molar-refractivity contribution is -0.137. The SMILES string of the molecule is O=S(=O)(c1ccccc1)n1ccc(-c2cccc(Oc3ncc(C(F)(F)F)cc3Cl)c2)n1. The Balaban J connectivity index is 1.60. The molecule has 2 aromatic heterocycles. The van der Waals surface area contributed by atoms with Gasteiger partial charge >= 0.3 is 6.18 Å². The molecule has 0 amide bonds. The zero-order chi connectivity index (χ0) is 22.9. The van der Waals surface area contributed by atoms with Gasteiger partial charge in [-0.25, -0.2) is 4.98 Å². The summed E-state index contributed by atoms with van der Waals surface area (Å²) < 4.78 is 70.1. The molecule has 0 saturated carbocycles.